The van der Waals surface area contributed by atoms with E-state index in [1.165, 1.54) is 49.0 Å². The van der Waals surface area contributed by atoms with E-state index in [1.54, 1.807) is 12.1 Å². The molecule has 0 unspecified atom stereocenters. The minimum absolute atomic E-state index is 0.000229. The molecule has 2 aromatic rings. The summed E-state index contributed by atoms with van der Waals surface area (Å²) in [6, 6.07) is 9.96. The van der Waals surface area contributed by atoms with Gasteiger partial charge in [0.25, 0.3) is 5.69 Å². The van der Waals surface area contributed by atoms with Gasteiger partial charge in [0.05, 0.1) is 4.92 Å². The zero-order valence-corrected chi connectivity index (χ0v) is 11.3. The molecule has 6 heteroatoms. The highest BCUT2D eigenvalue weighted by atomic mass is 32.2. The molecule has 0 N–H and O–H groups in total. The Morgan fingerprint density at radius 3 is 2.40 bits per heavy atom. The lowest BCUT2D eigenvalue weighted by atomic mass is 10.1. The minimum atomic E-state index is -0.479. The Morgan fingerprint density at radius 2 is 1.85 bits per heavy atom. The molecule has 0 saturated carbocycles. The first kappa shape index (κ1) is 14.2. The van der Waals surface area contributed by atoms with E-state index >= 15 is 0 Å². The molecule has 4 nitrogen and oxygen atoms in total. The molecule has 20 heavy (non-hydrogen) atoms. The van der Waals surface area contributed by atoms with Gasteiger partial charge in [0.15, 0.2) is 5.78 Å². The lowest BCUT2D eigenvalue weighted by molar-refractivity contribution is -0.384. The first-order chi connectivity index (χ1) is 9.47. The maximum atomic E-state index is 13.2. The van der Waals surface area contributed by atoms with E-state index < -0.39 is 10.7 Å². The summed E-state index contributed by atoms with van der Waals surface area (Å²) in [6.07, 6.45) is 0. The number of nitrogens with zero attached hydrogens (tertiary/aromatic N) is 1. The summed E-state index contributed by atoms with van der Waals surface area (Å²) < 4.78 is 13.2. The van der Waals surface area contributed by atoms with Crippen LogP contribution in [0.1, 0.15) is 17.3 Å². The Morgan fingerprint density at radius 1 is 1.20 bits per heavy atom. The monoisotopic (exact) mass is 291 g/mol. The molecule has 0 spiro atoms. The highest BCUT2D eigenvalue weighted by Crippen LogP contribution is 2.32. The van der Waals surface area contributed by atoms with Crippen molar-refractivity contribution >= 4 is 23.2 Å². The van der Waals surface area contributed by atoms with Gasteiger partial charge < -0.3 is 0 Å². The van der Waals surface area contributed by atoms with Crippen molar-refractivity contribution in [2.45, 2.75) is 16.7 Å². The topological polar surface area (TPSA) is 60.2 Å². The number of benzene rings is 2. The van der Waals surface area contributed by atoms with Crippen molar-refractivity contribution in [2.75, 3.05) is 0 Å². The summed E-state index contributed by atoms with van der Waals surface area (Å²) >= 11 is 1.26. The molecule has 0 aliphatic rings. The summed E-state index contributed by atoms with van der Waals surface area (Å²) in [7, 11) is 0. The minimum Gasteiger partial charge on any atom is -0.294 e. The molecule has 0 aliphatic carbocycles. The van der Waals surface area contributed by atoms with Gasteiger partial charge in [0, 0.05) is 27.5 Å². The normalized spacial score (nSPS) is 10.3. The number of nitro benzene ring substituents is 1. The van der Waals surface area contributed by atoms with E-state index in [-0.39, 0.29) is 11.5 Å². The number of non-ortho nitro benzene ring substituents is 1. The van der Waals surface area contributed by atoms with E-state index in [2.05, 4.69) is 0 Å². The van der Waals surface area contributed by atoms with E-state index in [4.69, 9.17) is 0 Å². The lowest BCUT2D eigenvalue weighted by Gasteiger charge is -2.06. The van der Waals surface area contributed by atoms with Crippen molar-refractivity contribution in [3.05, 3.63) is 64.0 Å². The van der Waals surface area contributed by atoms with Crippen LogP contribution >= 0.6 is 11.8 Å². The molecule has 0 aromatic heterocycles. The van der Waals surface area contributed by atoms with Crippen molar-refractivity contribution < 1.29 is 14.1 Å². The van der Waals surface area contributed by atoms with Crippen molar-refractivity contribution in [3.8, 4) is 0 Å². The van der Waals surface area contributed by atoms with Crippen LogP contribution in [0.5, 0.6) is 0 Å². The Balaban J connectivity index is 2.30. The van der Waals surface area contributed by atoms with E-state index in [0.29, 0.717) is 10.5 Å². The Hall–Kier alpha value is -2.21. The number of carbonyl (C=O) groups is 1. The van der Waals surface area contributed by atoms with Crippen LogP contribution in [0, 0.1) is 15.9 Å². The largest absolute Gasteiger partial charge is 0.294 e. The number of hydrogen-bond donors (Lipinski definition) is 0. The van der Waals surface area contributed by atoms with Crippen molar-refractivity contribution in [2.24, 2.45) is 0 Å². The molecule has 0 radical (unpaired) electrons. The van der Waals surface area contributed by atoms with E-state index in [1.807, 2.05) is 0 Å². The first-order valence-electron chi connectivity index (χ1n) is 5.70. The third-order valence-corrected chi connectivity index (χ3v) is 3.68. The predicted molar refractivity (Wildman–Crippen MR) is 73.6 cm³/mol. The molecule has 0 fully saturated rings. The Kier molecular flexibility index (Phi) is 4.14. The molecule has 0 amide bonds. The van der Waals surface area contributed by atoms with Gasteiger partial charge in [-0.25, -0.2) is 4.39 Å². The van der Waals surface area contributed by atoms with Crippen LogP contribution in [0.15, 0.2) is 52.3 Å². The van der Waals surface area contributed by atoms with Gasteiger partial charge in [-0.1, -0.05) is 11.8 Å². The van der Waals surface area contributed by atoms with Crippen LogP contribution in [-0.2, 0) is 0 Å². The molecule has 0 atom stereocenters. The van der Waals surface area contributed by atoms with Crippen LogP contribution in [-0.4, -0.2) is 10.7 Å². The maximum Gasteiger partial charge on any atom is 0.269 e. The summed E-state index contributed by atoms with van der Waals surface area (Å²) in [6.45, 7) is 1.37. The van der Waals surface area contributed by atoms with Gasteiger partial charge in [0.1, 0.15) is 5.82 Å². The van der Waals surface area contributed by atoms with Crippen LogP contribution < -0.4 is 0 Å². The average molecular weight is 291 g/mol. The van der Waals surface area contributed by atoms with Crippen LogP contribution in [0.2, 0.25) is 0 Å². The van der Waals surface area contributed by atoms with Gasteiger partial charge in [-0.15, -0.1) is 0 Å². The molecule has 2 rings (SSSR count). The second-order valence-corrected chi connectivity index (χ2v) is 5.17. The van der Waals surface area contributed by atoms with Gasteiger partial charge in [-0.3, -0.25) is 14.9 Å². The third-order valence-electron chi connectivity index (χ3n) is 2.60. The number of nitro groups is 1. The SMILES string of the molecule is CC(=O)c1cc(F)ccc1Sc1ccc([N+](=O)[O-])cc1. The summed E-state index contributed by atoms with van der Waals surface area (Å²) in [5.41, 5.74) is 0.300. The van der Waals surface area contributed by atoms with Crippen molar-refractivity contribution in [1.82, 2.24) is 0 Å². The Bertz CT molecular complexity index is 671. The quantitative estimate of drug-likeness (QED) is 0.483. The van der Waals surface area contributed by atoms with Crippen LogP contribution in [0.3, 0.4) is 0 Å². The fourth-order valence-corrected chi connectivity index (χ4v) is 2.60. The number of Topliss-reactive ketones (excluding diaryl/α,β-unsaturated/α-hetero) is 1. The number of ketones is 1. The van der Waals surface area contributed by atoms with Gasteiger partial charge in [-0.05, 0) is 37.3 Å². The van der Waals surface area contributed by atoms with Gasteiger partial charge in [0.2, 0.25) is 0 Å². The number of hydrogen-bond acceptors (Lipinski definition) is 4. The average Bonchev–Trinajstić information content (AvgIpc) is 2.41. The fourth-order valence-electron chi connectivity index (χ4n) is 1.63. The summed E-state index contributed by atoms with van der Waals surface area (Å²) in [4.78, 5) is 22.9. The van der Waals surface area contributed by atoms with E-state index in [0.717, 1.165) is 4.90 Å². The maximum absolute atomic E-state index is 13.2. The lowest BCUT2D eigenvalue weighted by Crippen LogP contribution is -1.96. The van der Waals surface area contributed by atoms with Gasteiger partial charge >= 0.3 is 0 Å². The third kappa shape index (κ3) is 3.21. The molecular formula is C14H10FNO3S. The molecule has 0 heterocycles. The predicted octanol–water partition coefficient (Wildman–Crippen LogP) is 4.09. The van der Waals surface area contributed by atoms with Crippen molar-refractivity contribution in [1.29, 1.82) is 0 Å². The zero-order chi connectivity index (χ0) is 14.7. The van der Waals surface area contributed by atoms with Crippen LogP contribution in [0.4, 0.5) is 10.1 Å². The van der Waals surface area contributed by atoms with Crippen molar-refractivity contribution in [3.63, 3.8) is 0 Å². The zero-order valence-electron chi connectivity index (χ0n) is 10.5. The van der Waals surface area contributed by atoms with Gasteiger partial charge in [-0.2, -0.15) is 0 Å². The standard InChI is InChI=1S/C14H10FNO3S/c1-9(17)13-8-10(15)2-7-14(13)20-12-5-3-11(4-6-12)16(18)19/h2-8H,1H3. The summed E-state index contributed by atoms with van der Waals surface area (Å²) in [5.74, 6) is -0.697. The Labute approximate surface area is 118 Å². The highest BCUT2D eigenvalue weighted by Gasteiger charge is 2.11. The van der Waals surface area contributed by atoms with E-state index in [9.17, 15) is 19.3 Å². The number of carbonyl (C=O) groups excluding carboxylic acids is 1. The highest BCUT2D eigenvalue weighted by molar-refractivity contribution is 7.99. The first-order valence-corrected chi connectivity index (χ1v) is 6.52. The second kappa shape index (κ2) is 5.83. The molecular weight excluding hydrogens is 281 g/mol. The second-order valence-electron chi connectivity index (χ2n) is 4.05. The van der Waals surface area contributed by atoms with Crippen LogP contribution in [0.25, 0.3) is 0 Å². The number of halogens is 1. The molecule has 102 valence electrons. The molecule has 0 aliphatic heterocycles. The number of rotatable bonds is 4. The summed E-state index contributed by atoms with van der Waals surface area (Å²) in [5, 5.41) is 10.6. The molecule has 0 bridgehead atoms. The molecule has 0 saturated heterocycles. The smallest absolute Gasteiger partial charge is 0.269 e. The fraction of sp³-hybridized carbons (Fsp3) is 0.0714. The molecule has 2 aromatic carbocycles.